The molecule has 118 valence electrons. The van der Waals surface area contributed by atoms with Crippen molar-refractivity contribution < 1.29 is 14.0 Å². The quantitative estimate of drug-likeness (QED) is 0.707. The van der Waals surface area contributed by atoms with E-state index in [1.807, 2.05) is 62.4 Å². The molecule has 0 fully saturated rings. The van der Waals surface area contributed by atoms with Crippen molar-refractivity contribution in [3.8, 4) is 22.9 Å². The molecule has 0 saturated carbocycles. The van der Waals surface area contributed by atoms with Gasteiger partial charge in [-0.1, -0.05) is 29.4 Å². The van der Waals surface area contributed by atoms with Crippen molar-refractivity contribution in [2.45, 2.75) is 20.0 Å². The molecule has 0 radical (unpaired) electrons. The highest BCUT2D eigenvalue weighted by Gasteiger charge is 2.17. The Kier molecular flexibility index (Phi) is 4.28. The molecule has 2 aromatic carbocycles. The van der Waals surface area contributed by atoms with Gasteiger partial charge in [0.2, 0.25) is 5.82 Å². The minimum atomic E-state index is -0.330. The van der Waals surface area contributed by atoms with Crippen molar-refractivity contribution in [2.75, 3.05) is 7.11 Å². The second kappa shape index (κ2) is 6.52. The lowest BCUT2D eigenvalue weighted by Crippen LogP contribution is -2.03. The Morgan fingerprint density at radius 1 is 1.04 bits per heavy atom. The van der Waals surface area contributed by atoms with E-state index in [2.05, 4.69) is 10.1 Å². The summed E-state index contributed by atoms with van der Waals surface area (Å²) in [4.78, 5) is 4.42. The summed E-state index contributed by atoms with van der Waals surface area (Å²) in [7, 11) is 1.62. The van der Waals surface area contributed by atoms with Crippen LogP contribution in [0.15, 0.2) is 53.1 Å². The molecular formula is C18H18N2O3. The number of aryl methyl sites for hydroxylation is 1. The monoisotopic (exact) mass is 310 g/mol. The second-order valence-corrected chi connectivity index (χ2v) is 5.26. The van der Waals surface area contributed by atoms with Crippen LogP contribution in [0.4, 0.5) is 0 Å². The van der Waals surface area contributed by atoms with Gasteiger partial charge in [0.1, 0.15) is 11.5 Å². The first-order valence-electron chi connectivity index (χ1n) is 7.37. The molecule has 0 amide bonds. The third-order valence-electron chi connectivity index (χ3n) is 3.42. The van der Waals surface area contributed by atoms with Gasteiger partial charge >= 0.3 is 0 Å². The number of rotatable bonds is 5. The Morgan fingerprint density at radius 3 is 2.61 bits per heavy atom. The number of hydrogen-bond acceptors (Lipinski definition) is 5. The van der Waals surface area contributed by atoms with E-state index in [0.717, 1.165) is 22.6 Å². The zero-order valence-electron chi connectivity index (χ0n) is 13.3. The van der Waals surface area contributed by atoms with Gasteiger partial charge in [-0.3, -0.25) is 0 Å². The Labute approximate surface area is 134 Å². The second-order valence-electron chi connectivity index (χ2n) is 5.26. The van der Waals surface area contributed by atoms with Gasteiger partial charge in [0.15, 0.2) is 6.10 Å². The third kappa shape index (κ3) is 3.51. The molecule has 0 N–H and O–H groups in total. The van der Waals surface area contributed by atoms with Gasteiger partial charge in [-0.05, 0) is 43.7 Å². The van der Waals surface area contributed by atoms with Gasteiger partial charge in [0.25, 0.3) is 5.89 Å². The summed E-state index contributed by atoms with van der Waals surface area (Å²) < 4.78 is 16.4. The molecule has 0 aliphatic heterocycles. The van der Waals surface area contributed by atoms with E-state index in [0.29, 0.717) is 11.7 Å². The van der Waals surface area contributed by atoms with Crippen LogP contribution in [-0.4, -0.2) is 17.3 Å². The van der Waals surface area contributed by atoms with E-state index in [9.17, 15) is 0 Å². The number of ether oxygens (including phenoxy) is 2. The highest BCUT2D eigenvalue weighted by molar-refractivity contribution is 5.56. The summed E-state index contributed by atoms with van der Waals surface area (Å²) in [5.41, 5.74) is 1.97. The van der Waals surface area contributed by atoms with Crippen molar-refractivity contribution in [1.82, 2.24) is 10.1 Å². The fourth-order valence-electron chi connectivity index (χ4n) is 2.22. The normalized spacial score (nSPS) is 12.0. The molecule has 1 heterocycles. The number of benzene rings is 2. The van der Waals surface area contributed by atoms with Crippen LogP contribution in [0.1, 0.15) is 24.5 Å². The lowest BCUT2D eigenvalue weighted by Gasteiger charge is -2.10. The molecule has 0 spiro atoms. The highest BCUT2D eigenvalue weighted by atomic mass is 16.5. The number of methoxy groups -OCH3 is 1. The molecule has 23 heavy (non-hydrogen) atoms. The maximum absolute atomic E-state index is 5.85. The minimum Gasteiger partial charge on any atom is -0.497 e. The van der Waals surface area contributed by atoms with Gasteiger partial charge in [-0.2, -0.15) is 4.98 Å². The molecule has 0 bridgehead atoms. The molecule has 1 aromatic heterocycles. The molecule has 0 aliphatic rings. The van der Waals surface area contributed by atoms with Crippen molar-refractivity contribution >= 4 is 0 Å². The van der Waals surface area contributed by atoms with Gasteiger partial charge < -0.3 is 14.0 Å². The Hall–Kier alpha value is -2.82. The average Bonchev–Trinajstić information content (AvgIpc) is 3.05. The fourth-order valence-corrected chi connectivity index (χ4v) is 2.22. The standard InChI is InChI=1S/C18H18N2O3/c1-12-6-4-9-16(10-12)22-13(2)18-19-17(20-23-18)14-7-5-8-15(11-14)21-3/h4-11,13H,1-3H3/t13-/m0/s1. The first-order chi connectivity index (χ1) is 11.2. The number of nitrogens with zero attached hydrogens (tertiary/aromatic N) is 2. The topological polar surface area (TPSA) is 57.4 Å². The molecule has 0 unspecified atom stereocenters. The smallest absolute Gasteiger partial charge is 0.267 e. The third-order valence-corrected chi connectivity index (χ3v) is 3.42. The van der Waals surface area contributed by atoms with Gasteiger partial charge in [0, 0.05) is 5.56 Å². The molecule has 5 nitrogen and oxygen atoms in total. The molecule has 3 aromatic rings. The Balaban J connectivity index is 1.78. The highest BCUT2D eigenvalue weighted by Crippen LogP contribution is 2.25. The molecule has 3 rings (SSSR count). The lowest BCUT2D eigenvalue weighted by molar-refractivity contribution is 0.175. The van der Waals surface area contributed by atoms with Crippen LogP contribution in [0.25, 0.3) is 11.4 Å². The summed E-state index contributed by atoms with van der Waals surface area (Å²) in [6.07, 6.45) is -0.330. The van der Waals surface area contributed by atoms with Gasteiger partial charge in [0.05, 0.1) is 7.11 Å². The van der Waals surface area contributed by atoms with E-state index in [-0.39, 0.29) is 6.10 Å². The fraction of sp³-hybridized carbons (Fsp3) is 0.222. The summed E-state index contributed by atoms with van der Waals surface area (Å²) in [5, 5.41) is 4.02. The number of hydrogen-bond donors (Lipinski definition) is 0. The minimum absolute atomic E-state index is 0.330. The largest absolute Gasteiger partial charge is 0.497 e. The summed E-state index contributed by atoms with van der Waals surface area (Å²) in [6.45, 7) is 3.90. The molecule has 0 saturated heterocycles. The predicted molar refractivity (Wildman–Crippen MR) is 86.5 cm³/mol. The first-order valence-corrected chi connectivity index (χ1v) is 7.37. The zero-order chi connectivity index (χ0) is 16.2. The van der Waals surface area contributed by atoms with Crippen LogP contribution < -0.4 is 9.47 Å². The van der Waals surface area contributed by atoms with E-state index in [1.165, 1.54) is 0 Å². The zero-order valence-corrected chi connectivity index (χ0v) is 13.3. The number of aromatic nitrogens is 2. The van der Waals surface area contributed by atoms with Crippen LogP contribution >= 0.6 is 0 Å². The predicted octanol–water partition coefficient (Wildman–Crippen LogP) is 4.19. The SMILES string of the molecule is COc1cccc(-c2noc([C@H](C)Oc3cccc(C)c3)n2)c1. The van der Waals surface area contributed by atoms with Crippen LogP contribution in [-0.2, 0) is 0 Å². The van der Waals surface area contributed by atoms with Crippen molar-refractivity contribution in [1.29, 1.82) is 0 Å². The first kappa shape index (κ1) is 15.1. The van der Waals surface area contributed by atoms with Crippen molar-refractivity contribution in [2.24, 2.45) is 0 Å². The Bertz CT molecular complexity index is 798. The van der Waals surface area contributed by atoms with Crippen LogP contribution in [0.5, 0.6) is 11.5 Å². The summed E-state index contributed by atoms with van der Waals surface area (Å²) >= 11 is 0. The Morgan fingerprint density at radius 2 is 1.83 bits per heavy atom. The van der Waals surface area contributed by atoms with Crippen molar-refractivity contribution in [3.05, 3.63) is 60.0 Å². The molecule has 1 atom stereocenters. The van der Waals surface area contributed by atoms with E-state index >= 15 is 0 Å². The molecular weight excluding hydrogens is 292 g/mol. The van der Waals surface area contributed by atoms with Crippen LogP contribution in [0, 0.1) is 6.92 Å². The average molecular weight is 310 g/mol. The van der Waals surface area contributed by atoms with Crippen LogP contribution in [0.2, 0.25) is 0 Å². The van der Waals surface area contributed by atoms with E-state index in [1.54, 1.807) is 7.11 Å². The molecule has 0 aliphatic carbocycles. The lowest BCUT2D eigenvalue weighted by atomic mass is 10.2. The summed E-state index contributed by atoms with van der Waals surface area (Å²) in [6, 6.07) is 15.4. The van der Waals surface area contributed by atoms with Gasteiger partial charge in [-0.15, -0.1) is 0 Å². The molecule has 5 heteroatoms. The van der Waals surface area contributed by atoms with Crippen molar-refractivity contribution in [3.63, 3.8) is 0 Å². The maximum Gasteiger partial charge on any atom is 0.267 e. The van der Waals surface area contributed by atoms with Gasteiger partial charge in [-0.25, -0.2) is 0 Å². The van der Waals surface area contributed by atoms with Crippen LogP contribution in [0.3, 0.4) is 0 Å². The maximum atomic E-state index is 5.85. The van der Waals surface area contributed by atoms with E-state index < -0.39 is 0 Å². The van der Waals surface area contributed by atoms with E-state index in [4.69, 9.17) is 14.0 Å². The summed E-state index contributed by atoms with van der Waals surface area (Å²) in [5.74, 6) is 2.47.